The summed E-state index contributed by atoms with van der Waals surface area (Å²) in [5, 5.41) is 2.66. The molecule has 3 amide bonds. The lowest BCUT2D eigenvalue weighted by Crippen LogP contribution is -2.46. The molecule has 0 radical (unpaired) electrons. The number of carbonyl (C=O) groups is 2. The molecule has 1 aromatic carbocycles. The van der Waals surface area contributed by atoms with Crippen molar-refractivity contribution < 1.29 is 27.8 Å². The number of nitrogens with one attached hydrogen (secondary N) is 1. The third kappa shape index (κ3) is 4.07. The van der Waals surface area contributed by atoms with Gasteiger partial charge in [0.2, 0.25) is 5.91 Å². The van der Waals surface area contributed by atoms with Crippen molar-refractivity contribution in [1.82, 2.24) is 15.3 Å². The molecule has 4 rings (SSSR count). The van der Waals surface area contributed by atoms with Crippen LogP contribution in [0.25, 0.3) is 0 Å². The van der Waals surface area contributed by atoms with Crippen LogP contribution < -0.4 is 24.6 Å². The van der Waals surface area contributed by atoms with Crippen LogP contribution in [0, 0.1) is 11.6 Å². The van der Waals surface area contributed by atoms with Crippen LogP contribution >= 0.6 is 0 Å². The van der Waals surface area contributed by atoms with Gasteiger partial charge < -0.3 is 14.8 Å². The van der Waals surface area contributed by atoms with E-state index in [1.807, 2.05) is 0 Å². The van der Waals surface area contributed by atoms with E-state index >= 15 is 8.78 Å². The van der Waals surface area contributed by atoms with Gasteiger partial charge >= 0.3 is 6.03 Å². The zero-order chi connectivity index (χ0) is 24.4. The highest BCUT2D eigenvalue weighted by molar-refractivity contribution is 6.11. The fraction of sp³-hybridized carbons (Fsp3) is 0.217. The molecule has 176 valence electrons. The largest absolute Gasteiger partial charge is 0.493 e. The highest BCUT2D eigenvalue weighted by Crippen LogP contribution is 2.42. The molecule has 0 saturated carbocycles. The number of nitrogens with zero attached hydrogens (tertiary/aromatic N) is 4. The summed E-state index contributed by atoms with van der Waals surface area (Å²) < 4.78 is 40.6. The van der Waals surface area contributed by atoms with Crippen molar-refractivity contribution >= 4 is 29.0 Å². The summed E-state index contributed by atoms with van der Waals surface area (Å²) >= 11 is 0. The maximum Gasteiger partial charge on any atom is 0.334 e. The zero-order valence-corrected chi connectivity index (χ0v) is 18.6. The molecule has 0 fully saturated rings. The number of amides is 3. The minimum atomic E-state index is -1.04. The van der Waals surface area contributed by atoms with Crippen molar-refractivity contribution in [3.05, 3.63) is 65.7 Å². The molecule has 3 heterocycles. The molecular formula is C23H21F2N5O4. The van der Waals surface area contributed by atoms with E-state index in [1.54, 1.807) is 18.2 Å². The van der Waals surface area contributed by atoms with Crippen LogP contribution in [0.2, 0.25) is 0 Å². The summed E-state index contributed by atoms with van der Waals surface area (Å²) in [6.07, 6.45) is 4.50. The van der Waals surface area contributed by atoms with E-state index in [2.05, 4.69) is 15.3 Å². The van der Waals surface area contributed by atoms with E-state index in [1.165, 1.54) is 44.6 Å². The van der Waals surface area contributed by atoms with Gasteiger partial charge in [-0.1, -0.05) is 0 Å². The summed E-state index contributed by atoms with van der Waals surface area (Å²) in [4.78, 5) is 35.6. The molecule has 0 aliphatic carbocycles. The van der Waals surface area contributed by atoms with Crippen molar-refractivity contribution in [2.45, 2.75) is 20.0 Å². The van der Waals surface area contributed by atoms with Crippen molar-refractivity contribution in [3.8, 4) is 11.5 Å². The van der Waals surface area contributed by atoms with Crippen LogP contribution in [0.4, 0.5) is 30.6 Å². The van der Waals surface area contributed by atoms with Gasteiger partial charge in [-0.05, 0) is 18.2 Å². The van der Waals surface area contributed by atoms with Crippen molar-refractivity contribution in [1.29, 1.82) is 0 Å². The fourth-order valence-electron chi connectivity index (χ4n) is 3.65. The summed E-state index contributed by atoms with van der Waals surface area (Å²) in [5.41, 5.74) is 1.34. The van der Waals surface area contributed by atoms with Crippen LogP contribution in [-0.2, 0) is 17.9 Å². The molecule has 0 saturated heterocycles. The highest BCUT2D eigenvalue weighted by atomic mass is 19.1. The standard InChI is InChI=1S/C23H21F2N5O4/c1-13(31)27-11-15-8-17-14(10-28-15)12-29(23(32)30(17)16-4-6-26-7-5-16)22-20(24)18(33-2)9-19(34-3)21(22)25/h4-10H,11-12H2,1-3H3,(H,27,31). The summed E-state index contributed by atoms with van der Waals surface area (Å²) in [6.45, 7) is 1.38. The van der Waals surface area contributed by atoms with Gasteiger partial charge in [-0.15, -0.1) is 0 Å². The first kappa shape index (κ1) is 22.9. The number of halogens is 2. The number of urea groups is 1. The normalized spacial score (nSPS) is 12.9. The summed E-state index contributed by atoms with van der Waals surface area (Å²) in [5.74, 6) is -2.85. The Morgan fingerprint density at radius 3 is 2.35 bits per heavy atom. The van der Waals surface area contributed by atoms with E-state index in [4.69, 9.17) is 9.47 Å². The van der Waals surface area contributed by atoms with Crippen LogP contribution in [0.1, 0.15) is 18.2 Å². The van der Waals surface area contributed by atoms with E-state index < -0.39 is 23.4 Å². The lowest BCUT2D eigenvalue weighted by molar-refractivity contribution is -0.119. The van der Waals surface area contributed by atoms with Gasteiger partial charge in [-0.25, -0.2) is 13.6 Å². The number of pyridine rings is 2. The van der Waals surface area contributed by atoms with Gasteiger partial charge in [0, 0.05) is 37.1 Å². The molecule has 0 bridgehead atoms. The number of anilines is 3. The molecule has 1 aliphatic rings. The van der Waals surface area contributed by atoms with Gasteiger partial charge in [-0.3, -0.25) is 24.6 Å². The summed E-state index contributed by atoms with van der Waals surface area (Å²) in [6, 6.07) is 5.21. The first-order valence-corrected chi connectivity index (χ1v) is 10.2. The topological polar surface area (TPSA) is 96.9 Å². The van der Waals surface area contributed by atoms with E-state index in [0.717, 1.165) is 11.0 Å². The minimum Gasteiger partial charge on any atom is -0.493 e. The molecule has 1 aliphatic heterocycles. The molecule has 11 heteroatoms. The zero-order valence-electron chi connectivity index (χ0n) is 18.6. The third-order valence-corrected chi connectivity index (χ3v) is 5.27. The molecule has 0 atom stereocenters. The first-order valence-electron chi connectivity index (χ1n) is 10.2. The molecule has 3 aromatic rings. The fourth-order valence-corrected chi connectivity index (χ4v) is 3.65. The minimum absolute atomic E-state index is 0.154. The number of hydrogen-bond acceptors (Lipinski definition) is 6. The second-order valence-electron chi connectivity index (χ2n) is 7.38. The second-order valence-corrected chi connectivity index (χ2v) is 7.38. The number of carbonyl (C=O) groups excluding carboxylic acids is 2. The lowest BCUT2D eigenvalue weighted by atomic mass is 10.1. The highest BCUT2D eigenvalue weighted by Gasteiger charge is 2.37. The second kappa shape index (κ2) is 9.30. The Hall–Kier alpha value is -4.28. The number of aromatic nitrogens is 2. The van der Waals surface area contributed by atoms with E-state index in [9.17, 15) is 9.59 Å². The number of ether oxygens (including phenoxy) is 2. The predicted molar refractivity (Wildman–Crippen MR) is 119 cm³/mol. The van der Waals surface area contributed by atoms with Crippen molar-refractivity contribution in [3.63, 3.8) is 0 Å². The number of methoxy groups -OCH3 is 2. The van der Waals surface area contributed by atoms with Crippen LogP contribution in [0.5, 0.6) is 11.5 Å². The SMILES string of the molecule is COc1cc(OC)c(F)c(N2Cc3cnc(CNC(C)=O)cc3N(c3ccncc3)C2=O)c1F. The summed E-state index contributed by atoms with van der Waals surface area (Å²) in [7, 11) is 2.47. The van der Waals surface area contributed by atoms with E-state index in [0.29, 0.717) is 22.6 Å². The molecule has 0 spiro atoms. The molecule has 9 nitrogen and oxygen atoms in total. The maximum atomic E-state index is 15.3. The van der Waals surface area contributed by atoms with Crippen molar-refractivity contribution in [2.24, 2.45) is 0 Å². The monoisotopic (exact) mass is 469 g/mol. The smallest absolute Gasteiger partial charge is 0.334 e. The Kier molecular flexibility index (Phi) is 6.26. The Morgan fingerprint density at radius 2 is 1.76 bits per heavy atom. The third-order valence-electron chi connectivity index (χ3n) is 5.27. The molecule has 34 heavy (non-hydrogen) atoms. The predicted octanol–water partition coefficient (Wildman–Crippen LogP) is 3.69. The van der Waals surface area contributed by atoms with Crippen LogP contribution in [0.3, 0.4) is 0 Å². The Morgan fingerprint density at radius 1 is 1.12 bits per heavy atom. The average molecular weight is 469 g/mol. The average Bonchev–Trinajstić information content (AvgIpc) is 2.84. The van der Waals surface area contributed by atoms with E-state index in [-0.39, 0.29) is 30.5 Å². The Bertz CT molecular complexity index is 1230. The lowest BCUT2D eigenvalue weighted by Gasteiger charge is -2.37. The number of fused-ring (bicyclic) bond motifs is 1. The van der Waals surface area contributed by atoms with Gasteiger partial charge in [0.25, 0.3) is 0 Å². The van der Waals surface area contributed by atoms with Gasteiger partial charge in [0.1, 0.15) is 5.69 Å². The number of benzene rings is 1. The molecule has 1 N–H and O–H groups in total. The maximum absolute atomic E-state index is 15.3. The quantitative estimate of drug-likeness (QED) is 0.592. The first-order chi connectivity index (χ1) is 16.3. The molecule has 2 aromatic heterocycles. The van der Waals surface area contributed by atoms with Crippen LogP contribution in [0.15, 0.2) is 42.9 Å². The van der Waals surface area contributed by atoms with Gasteiger partial charge in [-0.2, -0.15) is 0 Å². The number of hydrogen-bond donors (Lipinski definition) is 1. The molecular weight excluding hydrogens is 448 g/mol. The Balaban J connectivity index is 1.88. The van der Waals surface area contributed by atoms with Gasteiger partial charge in [0.15, 0.2) is 23.1 Å². The molecule has 0 unspecified atom stereocenters. The van der Waals surface area contributed by atoms with Gasteiger partial charge in [0.05, 0.1) is 44.4 Å². The number of rotatable bonds is 6. The van der Waals surface area contributed by atoms with Crippen molar-refractivity contribution in [2.75, 3.05) is 24.0 Å². The Labute approximate surface area is 193 Å². The van der Waals surface area contributed by atoms with Crippen LogP contribution in [-0.4, -0.2) is 36.1 Å².